The van der Waals surface area contributed by atoms with Crippen molar-refractivity contribution >= 4 is 35.0 Å². The van der Waals surface area contributed by atoms with Gasteiger partial charge in [0.05, 0.1) is 29.2 Å². The van der Waals surface area contributed by atoms with Crippen LogP contribution in [0.2, 0.25) is 5.02 Å². The second-order valence-electron chi connectivity index (χ2n) is 5.72. The van der Waals surface area contributed by atoms with Gasteiger partial charge in [0.15, 0.2) is 5.82 Å². The summed E-state index contributed by atoms with van der Waals surface area (Å²) in [6.07, 6.45) is 0. The molecule has 0 saturated heterocycles. The number of ether oxygens (including phenoxy) is 1. The van der Waals surface area contributed by atoms with Crippen LogP contribution in [0.25, 0.3) is 11.4 Å². The van der Waals surface area contributed by atoms with Crippen LogP contribution in [-0.2, 0) is 4.79 Å². The van der Waals surface area contributed by atoms with Crippen molar-refractivity contribution in [1.82, 2.24) is 15.2 Å². The van der Waals surface area contributed by atoms with E-state index in [1.54, 1.807) is 56.5 Å². The van der Waals surface area contributed by atoms with Crippen molar-refractivity contribution in [3.05, 3.63) is 53.1 Å². The van der Waals surface area contributed by atoms with Crippen LogP contribution in [0.3, 0.4) is 0 Å². The van der Waals surface area contributed by atoms with Crippen molar-refractivity contribution in [2.75, 3.05) is 12.4 Å². The Bertz CT molecular complexity index is 1050. The first kappa shape index (κ1) is 19.7. The predicted molar refractivity (Wildman–Crippen MR) is 108 cm³/mol. The van der Waals surface area contributed by atoms with Crippen molar-refractivity contribution in [1.29, 1.82) is 5.26 Å². The lowest BCUT2D eigenvalue weighted by molar-refractivity contribution is -0.115. The molecule has 0 aliphatic rings. The van der Waals surface area contributed by atoms with Crippen LogP contribution in [0, 0.1) is 11.3 Å². The van der Waals surface area contributed by atoms with E-state index in [0.29, 0.717) is 38.6 Å². The van der Waals surface area contributed by atoms with E-state index in [4.69, 9.17) is 21.6 Å². The van der Waals surface area contributed by atoms with Crippen molar-refractivity contribution in [3.8, 4) is 23.2 Å². The summed E-state index contributed by atoms with van der Waals surface area (Å²) < 4.78 is 5.33. The number of hydrogen-bond acceptors (Lipinski definition) is 6. The lowest BCUT2D eigenvalue weighted by atomic mass is 10.2. The Labute approximate surface area is 171 Å². The normalized spacial score (nSPS) is 11.5. The highest BCUT2D eigenvalue weighted by Gasteiger charge is 2.19. The molecule has 1 amide bonds. The number of aromatic amines is 1. The summed E-state index contributed by atoms with van der Waals surface area (Å²) >= 11 is 7.25. The van der Waals surface area contributed by atoms with Gasteiger partial charge in [-0.05, 0) is 37.3 Å². The fraction of sp³-hybridized carbons (Fsp3) is 0.158. The number of hydrogen-bond donors (Lipinski definition) is 2. The topological polar surface area (TPSA) is 104 Å². The van der Waals surface area contributed by atoms with Gasteiger partial charge in [-0.25, -0.2) is 4.98 Å². The minimum absolute atomic E-state index is 0.251. The van der Waals surface area contributed by atoms with Crippen LogP contribution in [0.5, 0.6) is 5.75 Å². The largest absolute Gasteiger partial charge is 0.496 e. The van der Waals surface area contributed by atoms with Gasteiger partial charge in [-0.2, -0.15) is 5.26 Å². The molecule has 1 heterocycles. The molecule has 28 heavy (non-hydrogen) atoms. The van der Waals surface area contributed by atoms with E-state index in [1.165, 1.54) is 11.8 Å². The van der Waals surface area contributed by atoms with Crippen molar-refractivity contribution in [2.24, 2.45) is 0 Å². The van der Waals surface area contributed by atoms with Crippen molar-refractivity contribution in [2.45, 2.75) is 17.3 Å². The number of rotatable bonds is 6. The molecule has 3 aromatic rings. The number of halogens is 1. The summed E-state index contributed by atoms with van der Waals surface area (Å²) in [5, 5.41) is 19.4. The van der Waals surface area contributed by atoms with E-state index in [0.717, 1.165) is 0 Å². The zero-order valence-electron chi connectivity index (χ0n) is 15.1. The molecule has 0 saturated carbocycles. The lowest BCUT2D eigenvalue weighted by Crippen LogP contribution is -2.23. The SMILES string of the molecule is COc1ccc(Cl)cc1-c1nc(S[C@@H](C)C(=O)Nc2ccccc2C#N)n[nH]1. The first-order valence-corrected chi connectivity index (χ1v) is 9.50. The van der Waals surface area contributed by atoms with Gasteiger partial charge in [-0.15, -0.1) is 5.10 Å². The number of nitrogens with one attached hydrogen (secondary N) is 2. The summed E-state index contributed by atoms with van der Waals surface area (Å²) in [6.45, 7) is 1.74. The van der Waals surface area contributed by atoms with Gasteiger partial charge in [0, 0.05) is 5.02 Å². The maximum absolute atomic E-state index is 12.5. The number of benzene rings is 2. The molecule has 1 atom stereocenters. The number of thioether (sulfide) groups is 1. The molecule has 3 rings (SSSR count). The Kier molecular flexibility index (Phi) is 6.19. The molecule has 2 aromatic carbocycles. The Morgan fingerprint density at radius 1 is 1.36 bits per heavy atom. The van der Waals surface area contributed by atoms with Crippen LogP contribution in [0.1, 0.15) is 12.5 Å². The van der Waals surface area contributed by atoms with Gasteiger partial charge in [-0.3, -0.25) is 9.89 Å². The summed E-state index contributed by atoms with van der Waals surface area (Å²) in [5.74, 6) is 0.847. The third-order valence-electron chi connectivity index (χ3n) is 3.84. The molecule has 0 spiro atoms. The maximum Gasteiger partial charge on any atom is 0.237 e. The molecule has 0 aliphatic heterocycles. The average Bonchev–Trinajstić information content (AvgIpc) is 3.16. The van der Waals surface area contributed by atoms with E-state index in [1.807, 2.05) is 0 Å². The van der Waals surface area contributed by atoms with Gasteiger partial charge >= 0.3 is 0 Å². The van der Waals surface area contributed by atoms with Crippen LogP contribution < -0.4 is 10.1 Å². The smallest absolute Gasteiger partial charge is 0.237 e. The Balaban J connectivity index is 1.72. The number of amides is 1. The zero-order chi connectivity index (χ0) is 20.1. The molecule has 0 bridgehead atoms. The molecule has 0 unspecified atom stereocenters. The minimum atomic E-state index is -0.475. The van der Waals surface area contributed by atoms with Crippen LogP contribution in [0.15, 0.2) is 47.6 Å². The van der Waals surface area contributed by atoms with Gasteiger partial charge in [-0.1, -0.05) is 35.5 Å². The highest BCUT2D eigenvalue weighted by atomic mass is 35.5. The standard InChI is InChI=1S/C19H16ClN5O2S/c1-11(18(26)22-15-6-4-3-5-12(15)10-21)28-19-23-17(24-25-19)14-9-13(20)7-8-16(14)27-2/h3-9,11H,1-2H3,(H,22,26)(H,23,24,25)/t11-/m0/s1. The second-order valence-corrected chi connectivity index (χ2v) is 7.46. The molecule has 9 heteroatoms. The monoisotopic (exact) mass is 413 g/mol. The number of H-pyrrole nitrogens is 1. The first-order chi connectivity index (χ1) is 13.5. The molecule has 142 valence electrons. The molecular weight excluding hydrogens is 398 g/mol. The van der Waals surface area contributed by atoms with E-state index in [-0.39, 0.29) is 5.91 Å². The van der Waals surface area contributed by atoms with Gasteiger partial charge in [0.2, 0.25) is 11.1 Å². The molecule has 0 radical (unpaired) electrons. The van der Waals surface area contributed by atoms with Crippen LogP contribution >= 0.6 is 23.4 Å². The van der Waals surface area contributed by atoms with Gasteiger partial charge < -0.3 is 10.1 Å². The number of para-hydroxylation sites is 1. The molecule has 0 fully saturated rings. The van der Waals surface area contributed by atoms with E-state index < -0.39 is 5.25 Å². The summed E-state index contributed by atoms with van der Waals surface area (Å²) in [5.41, 5.74) is 1.55. The second kappa shape index (κ2) is 8.78. The quantitative estimate of drug-likeness (QED) is 0.589. The number of nitrogens with zero attached hydrogens (tertiary/aromatic N) is 3. The van der Waals surface area contributed by atoms with E-state index in [2.05, 4.69) is 26.6 Å². The molecule has 1 aromatic heterocycles. The maximum atomic E-state index is 12.5. The van der Waals surface area contributed by atoms with Gasteiger partial charge in [0.25, 0.3) is 0 Å². The summed E-state index contributed by atoms with van der Waals surface area (Å²) in [4.78, 5) is 16.9. The fourth-order valence-electron chi connectivity index (χ4n) is 2.42. The van der Waals surface area contributed by atoms with E-state index in [9.17, 15) is 4.79 Å². The van der Waals surface area contributed by atoms with Crippen LogP contribution in [-0.4, -0.2) is 33.4 Å². The number of carbonyl (C=O) groups is 1. The first-order valence-electron chi connectivity index (χ1n) is 8.24. The minimum Gasteiger partial charge on any atom is -0.496 e. The Morgan fingerprint density at radius 3 is 2.89 bits per heavy atom. The number of anilines is 1. The third-order valence-corrected chi connectivity index (χ3v) is 5.03. The zero-order valence-corrected chi connectivity index (χ0v) is 16.6. The third kappa shape index (κ3) is 4.44. The fourth-order valence-corrected chi connectivity index (χ4v) is 3.32. The molecule has 2 N–H and O–H groups in total. The van der Waals surface area contributed by atoms with Gasteiger partial charge in [0.1, 0.15) is 11.8 Å². The average molecular weight is 414 g/mol. The highest BCUT2D eigenvalue weighted by Crippen LogP contribution is 2.31. The molecule has 7 nitrogen and oxygen atoms in total. The summed E-state index contributed by atoms with van der Waals surface area (Å²) in [7, 11) is 1.56. The lowest BCUT2D eigenvalue weighted by Gasteiger charge is -2.11. The number of nitriles is 1. The number of methoxy groups -OCH3 is 1. The highest BCUT2D eigenvalue weighted by molar-refractivity contribution is 8.00. The Morgan fingerprint density at radius 2 is 2.14 bits per heavy atom. The number of carbonyl (C=O) groups excluding carboxylic acids is 1. The Hall–Kier alpha value is -3.02. The van der Waals surface area contributed by atoms with Crippen molar-refractivity contribution < 1.29 is 9.53 Å². The van der Waals surface area contributed by atoms with Crippen molar-refractivity contribution in [3.63, 3.8) is 0 Å². The summed E-state index contributed by atoms with van der Waals surface area (Å²) in [6, 6.07) is 14.1. The predicted octanol–water partition coefficient (Wildman–Crippen LogP) is 4.12. The number of aromatic nitrogens is 3. The van der Waals surface area contributed by atoms with Crippen LogP contribution in [0.4, 0.5) is 5.69 Å². The van der Waals surface area contributed by atoms with E-state index >= 15 is 0 Å². The molecular formula is C19H16ClN5O2S. The molecule has 0 aliphatic carbocycles.